The number of hydrogen-bond acceptors (Lipinski definition) is 1. The van der Waals surface area contributed by atoms with Crippen molar-refractivity contribution in [1.29, 1.82) is 0 Å². The minimum Gasteiger partial charge on any atom is -0.311 e. The lowest BCUT2D eigenvalue weighted by Crippen LogP contribution is -2.09. The molecule has 0 amide bonds. The van der Waals surface area contributed by atoms with Gasteiger partial charge in [0.2, 0.25) is 0 Å². The van der Waals surface area contributed by atoms with Gasteiger partial charge in [-0.1, -0.05) is 194 Å². The van der Waals surface area contributed by atoms with Gasteiger partial charge in [0.15, 0.2) is 0 Å². The van der Waals surface area contributed by atoms with Crippen molar-refractivity contribution in [2.75, 3.05) is 4.90 Å². The SMILES string of the molecule is c1ccc(-n2c3ccccc3c3c(-c4ccc(N(c5ccc(-c6cccc(-c7ccc8ccccc8c7)c6)cc5)c5ccc(-c6cccc7c6ccc6ccccc67)cc5)cc4)cccc32)cc1. The smallest absolute Gasteiger partial charge is 0.0547 e. The lowest BCUT2D eigenvalue weighted by molar-refractivity contribution is 1.18. The number of anilines is 3. The third-order valence-corrected chi connectivity index (χ3v) is 13.8. The standard InChI is InChI=1S/C66H44N2/c1-2-18-54(19-3-1)68-64-25-9-8-21-63(64)66-60(23-12-26-65(66)68)49-33-40-57(41-34-49)67(56-38-31-48(32-39-56)59-22-11-24-61-58-20-7-6-14-47(58)35-42-62(59)61)55-36-29-46(30-37-55)51-16-10-17-52(43-51)53-28-27-45-13-4-5-15-50(45)44-53/h1-44H. The second kappa shape index (κ2) is 16.5. The second-order valence-electron chi connectivity index (χ2n) is 17.7. The lowest BCUT2D eigenvalue weighted by atomic mass is 9.94. The molecule has 318 valence electrons. The van der Waals surface area contributed by atoms with E-state index in [1.165, 1.54) is 98.6 Å². The minimum absolute atomic E-state index is 1.09. The highest BCUT2D eigenvalue weighted by molar-refractivity contribution is 6.16. The molecule has 0 fully saturated rings. The summed E-state index contributed by atoms with van der Waals surface area (Å²) in [4.78, 5) is 2.38. The van der Waals surface area contributed by atoms with Gasteiger partial charge in [-0.3, -0.25) is 0 Å². The Labute approximate surface area is 395 Å². The van der Waals surface area contributed by atoms with E-state index in [1.54, 1.807) is 0 Å². The van der Waals surface area contributed by atoms with Gasteiger partial charge in [0.05, 0.1) is 11.0 Å². The van der Waals surface area contributed by atoms with E-state index in [2.05, 4.69) is 276 Å². The van der Waals surface area contributed by atoms with Gasteiger partial charge in [-0.25, -0.2) is 0 Å². The number of aromatic nitrogens is 1. The van der Waals surface area contributed by atoms with Gasteiger partial charge in [-0.15, -0.1) is 0 Å². The molecule has 0 radical (unpaired) electrons. The molecule has 0 unspecified atom stereocenters. The summed E-state index contributed by atoms with van der Waals surface area (Å²) in [5.41, 5.74) is 16.4. The van der Waals surface area contributed by atoms with Gasteiger partial charge in [-0.05, 0) is 150 Å². The average molecular weight is 865 g/mol. The Hall–Kier alpha value is -8.98. The average Bonchev–Trinajstić information content (AvgIpc) is 3.76. The van der Waals surface area contributed by atoms with Crippen LogP contribution in [0.3, 0.4) is 0 Å². The molecule has 12 aromatic carbocycles. The minimum atomic E-state index is 1.09. The van der Waals surface area contributed by atoms with E-state index < -0.39 is 0 Å². The number of hydrogen-bond donors (Lipinski definition) is 0. The van der Waals surface area contributed by atoms with E-state index in [4.69, 9.17) is 0 Å². The molecule has 13 aromatic rings. The summed E-state index contributed by atoms with van der Waals surface area (Å²) in [5, 5.41) is 10.1. The molecule has 0 saturated heterocycles. The van der Waals surface area contributed by atoms with Gasteiger partial charge in [0.1, 0.15) is 0 Å². The second-order valence-corrected chi connectivity index (χ2v) is 17.7. The molecular formula is C66H44N2. The van der Waals surface area contributed by atoms with Crippen LogP contribution in [0.2, 0.25) is 0 Å². The molecule has 0 aliphatic carbocycles. The van der Waals surface area contributed by atoms with Crippen LogP contribution in [-0.2, 0) is 0 Å². The Morgan fingerprint density at radius 1 is 0.250 bits per heavy atom. The van der Waals surface area contributed by atoms with Crippen LogP contribution in [0.4, 0.5) is 17.1 Å². The fourth-order valence-corrected chi connectivity index (χ4v) is 10.5. The van der Waals surface area contributed by atoms with Crippen molar-refractivity contribution in [3.8, 4) is 50.2 Å². The van der Waals surface area contributed by atoms with Gasteiger partial charge in [0.25, 0.3) is 0 Å². The molecule has 0 aliphatic heterocycles. The zero-order valence-electron chi connectivity index (χ0n) is 37.3. The van der Waals surface area contributed by atoms with Gasteiger partial charge in [0, 0.05) is 33.5 Å². The van der Waals surface area contributed by atoms with Crippen molar-refractivity contribution in [3.05, 3.63) is 267 Å². The van der Waals surface area contributed by atoms with Gasteiger partial charge in [-0.2, -0.15) is 0 Å². The fraction of sp³-hybridized carbons (Fsp3) is 0. The summed E-state index contributed by atoms with van der Waals surface area (Å²) in [6, 6.07) is 97.4. The molecule has 0 atom stereocenters. The first-order valence-electron chi connectivity index (χ1n) is 23.4. The molecule has 13 rings (SSSR count). The summed E-state index contributed by atoms with van der Waals surface area (Å²) in [7, 11) is 0. The summed E-state index contributed by atoms with van der Waals surface area (Å²) < 4.78 is 2.39. The normalized spacial score (nSPS) is 11.5. The van der Waals surface area contributed by atoms with E-state index in [-0.39, 0.29) is 0 Å². The fourth-order valence-electron chi connectivity index (χ4n) is 10.5. The number of fused-ring (bicyclic) bond motifs is 7. The van der Waals surface area contributed by atoms with Crippen molar-refractivity contribution in [2.45, 2.75) is 0 Å². The van der Waals surface area contributed by atoms with Crippen molar-refractivity contribution in [2.24, 2.45) is 0 Å². The highest BCUT2D eigenvalue weighted by atomic mass is 15.1. The van der Waals surface area contributed by atoms with Crippen LogP contribution >= 0.6 is 0 Å². The predicted molar refractivity (Wildman–Crippen MR) is 290 cm³/mol. The van der Waals surface area contributed by atoms with Crippen molar-refractivity contribution < 1.29 is 0 Å². The molecule has 2 heteroatoms. The Morgan fingerprint density at radius 3 is 1.50 bits per heavy atom. The quantitative estimate of drug-likeness (QED) is 0.138. The van der Waals surface area contributed by atoms with E-state index >= 15 is 0 Å². The van der Waals surface area contributed by atoms with E-state index in [0.29, 0.717) is 0 Å². The third kappa shape index (κ3) is 6.82. The first-order valence-corrected chi connectivity index (χ1v) is 23.4. The molecule has 0 spiro atoms. The molecule has 0 bridgehead atoms. The summed E-state index contributed by atoms with van der Waals surface area (Å²) in [5.74, 6) is 0. The zero-order chi connectivity index (χ0) is 45.0. The first kappa shape index (κ1) is 39.4. The highest BCUT2D eigenvalue weighted by Gasteiger charge is 2.18. The van der Waals surface area contributed by atoms with E-state index in [1.807, 2.05) is 0 Å². The maximum atomic E-state index is 2.39. The van der Waals surface area contributed by atoms with Crippen LogP contribution in [0.5, 0.6) is 0 Å². The van der Waals surface area contributed by atoms with Gasteiger partial charge >= 0.3 is 0 Å². The molecule has 0 N–H and O–H groups in total. The van der Waals surface area contributed by atoms with E-state index in [9.17, 15) is 0 Å². The maximum Gasteiger partial charge on any atom is 0.0547 e. The van der Waals surface area contributed by atoms with Crippen LogP contribution in [0.25, 0.3) is 104 Å². The van der Waals surface area contributed by atoms with Crippen molar-refractivity contribution in [3.63, 3.8) is 0 Å². The van der Waals surface area contributed by atoms with E-state index in [0.717, 1.165) is 22.7 Å². The Morgan fingerprint density at radius 2 is 0.750 bits per heavy atom. The van der Waals surface area contributed by atoms with Crippen LogP contribution in [-0.4, -0.2) is 4.57 Å². The monoisotopic (exact) mass is 864 g/mol. The number of para-hydroxylation sites is 2. The van der Waals surface area contributed by atoms with Crippen molar-refractivity contribution >= 4 is 71.2 Å². The number of benzene rings is 12. The molecule has 0 aliphatic rings. The van der Waals surface area contributed by atoms with Gasteiger partial charge < -0.3 is 9.47 Å². The summed E-state index contributed by atoms with van der Waals surface area (Å²) in [6.45, 7) is 0. The predicted octanol–water partition coefficient (Wildman–Crippen LogP) is 18.4. The topological polar surface area (TPSA) is 8.17 Å². The van der Waals surface area contributed by atoms with Crippen LogP contribution in [0.15, 0.2) is 267 Å². The molecule has 0 saturated carbocycles. The third-order valence-electron chi connectivity index (χ3n) is 13.8. The van der Waals surface area contributed by atoms with Crippen LogP contribution in [0, 0.1) is 0 Å². The van der Waals surface area contributed by atoms with Crippen LogP contribution in [0.1, 0.15) is 0 Å². The number of rotatable bonds is 8. The molecule has 68 heavy (non-hydrogen) atoms. The summed E-state index contributed by atoms with van der Waals surface area (Å²) in [6.07, 6.45) is 0. The maximum absolute atomic E-state index is 2.39. The highest BCUT2D eigenvalue weighted by Crippen LogP contribution is 2.42. The molecular weight excluding hydrogens is 821 g/mol. The molecule has 2 nitrogen and oxygen atoms in total. The summed E-state index contributed by atoms with van der Waals surface area (Å²) >= 11 is 0. The molecule has 1 aromatic heterocycles. The Kier molecular flexibility index (Phi) is 9.54. The Bertz CT molecular complexity index is 4000. The Balaban J connectivity index is 0.896. The first-order chi connectivity index (χ1) is 33.7. The molecule has 1 heterocycles. The number of nitrogens with zero attached hydrogens (tertiary/aromatic N) is 2. The lowest BCUT2D eigenvalue weighted by Gasteiger charge is -2.26. The van der Waals surface area contributed by atoms with Crippen molar-refractivity contribution in [1.82, 2.24) is 4.57 Å². The largest absolute Gasteiger partial charge is 0.311 e. The van der Waals surface area contributed by atoms with Crippen LogP contribution < -0.4 is 4.90 Å². The zero-order valence-corrected chi connectivity index (χ0v) is 37.3.